The minimum absolute atomic E-state index is 0.243. The fourth-order valence-electron chi connectivity index (χ4n) is 4.06. The SMILES string of the molecule is CCOC(=O)COc1ccc(Cl)cc1/C=c1/sc2n(c1=O)[C@@H](c1ccccc1)C(C(=O)OC)=C(CC)N=2. The molecule has 0 aliphatic carbocycles. The lowest BCUT2D eigenvalue weighted by Crippen LogP contribution is -2.40. The number of aromatic nitrogens is 1. The van der Waals surface area contributed by atoms with Crippen molar-refractivity contribution in [3.05, 3.63) is 95.6 Å². The molecule has 1 aromatic heterocycles. The maximum Gasteiger partial charge on any atom is 0.344 e. The molecule has 0 amide bonds. The molecule has 0 saturated carbocycles. The second-order valence-electron chi connectivity index (χ2n) is 7.97. The Labute approximate surface area is 222 Å². The lowest BCUT2D eigenvalue weighted by atomic mass is 9.95. The zero-order valence-corrected chi connectivity index (χ0v) is 22.1. The van der Waals surface area contributed by atoms with Crippen LogP contribution in [-0.4, -0.2) is 36.8 Å². The van der Waals surface area contributed by atoms with Gasteiger partial charge in [-0.3, -0.25) is 9.36 Å². The van der Waals surface area contributed by atoms with Crippen LogP contribution < -0.4 is 19.6 Å². The lowest BCUT2D eigenvalue weighted by Gasteiger charge is -2.25. The molecule has 1 aliphatic rings. The summed E-state index contributed by atoms with van der Waals surface area (Å²) in [6.07, 6.45) is 2.13. The first-order chi connectivity index (χ1) is 17.9. The van der Waals surface area contributed by atoms with E-state index >= 15 is 0 Å². The predicted octanol–water partition coefficient (Wildman–Crippen LogP) is 3.39. The van der Waals surface area contributed by atoms with Crippen molar-refractivity contribution in [3.8, 4) is 5.75 Å². The highest BCUT2D eigenvalue weighted by Gasteiger charge is 2.33. The van der Waals surface area contributed by atoms with Crippen molar-refractivity contribution in [1.29, 1.82) is 0 Å². The normalized spacial score (nSPS) is 15.1. The first-order valence-electron chi connectivity index (χ1n) is 11.6. The number of benzene rings is 2. The molecule has 0 radical (unpaired) electrons. The van der Waals surface area contributed by atoms with Crippen LogP contribution in [0, 0.1) is 0 Å². The number of ether oxygens (including phenoxy) is 3. The molecule has 0 saturated heterocycles. The van der Waals surface area contributed by atoms with Gasteiger partial charge in [-0.1, -0.05) is 60.2 Å². The Hall–Kier alpha value is -3.69. The van der Waals surface area contributed by atoms with Crippen molar-refractivity contribution in [3.63, 3.8) is 0 Å². The van der Waals surface area contributed by atoms with Crippen molar-refractivity contribution in [2.75, 3.05) is 20.3 Å². The number of allylic oxidation sites excluding steroid dienone is 1. The van der Waals surface area contributed by atoms with Crippen LogP contribution >= 0.6 is 22.9 Å². The van der Waals surface area contributed by atoms with Gasteiger partial charge in [0.25, 0.3) is 5.56 Å². The number of methoxy groups -OCH3 is 1. The summed E-state index contributed by atoms with van der Waals surface area (Å²) < 4.78 is 17.5. The maximum atomic E-state index is 13.8. The second-order valence-corrected chi connectivity index (χ2v) is 9.42. The van der Waals surface area contributed by atoms with Crippen LogP contribution in [0.2, 0.25) is 5.02 Å². The largest absolute Gasteiger partial charge is 0.481 e. The number of carbonyl (C=O) groups is 2. The summed E-state index contributed by atoms with van der Waals surface area (Å²) >= 11 is 7.42. The maximum absolute atomic E-state index is 13.8. The van der Waals surface area contributed by atoms with E-state index in [-0.39, 0.29) is 18.8 Å². The van der Waals surface area contributed by atoms with Gasteiger partial charge in [-0.2, -0.15) is 0 Å². The molecule has 1 atom stereocenters. The summed E-state index contributed by atoms with van der Waals surface area (Å²) in [5.74, 6) is -0.673. The number of halogens is 1. The minimum atomic E-state index is -0.694. The molecule has 192 valence electrons. The van der Waals surface area contributed by atoms with Crippen LogP contribution in [0.15, 0.2) is 69.6 Å². The van der Waals surface area contributed by atoms with Crippen LogP contribution in [0.25, 0.3) is 6.08 Å². The average Bonchev–Trinajstić information content (AvgIpc) is 3.21. The van der Waals surface area contributed by atoms with Gasteiger partial charge in [0.1, 0.15) is 5.75 Å². The Bertz CT molecular complexity index is 1540. The van der Waals surface area contributed by atoms with Gasteiger partial charge in [-0.15, -0.1) is 0 Å². The van der Waals surface area contributed by atoms with E-state index in [1.54, 1.807) is 31.2 Å². The molecular formula is C27H25ClN2O6S. The van der Waals surface area contributed by atoms with Gasteiger partial charge in [0.2, 0.25) is 0 Å². The van der Waals surface area contributed by atoms with Gasteiger partial charge in [0, 0.05) is 10.6 Å². The zero-order valence-electron chi connectivity index (χ0n) is 20.5. The zero-order chi connectivity index (χ0) is 26.5. The number of hydrogen-bond donors (Lipinski definition) is 0. The molecule has 4 rings (SSSR count). The minimum Gasteiger partial charge on any atom is -0.481 e. The summed E-state index contributed by atoms with van der Waals surface area (Å²) in [6, 6.07) is 13.5. The third kappa shape index (κ3) is 5.52. The molecular weight excluding hydrogens is 516 g/mol. The van der Waals surface area contributed by atoms with Crippen molar-refractivity contribution in [2.24, 2.45) is 4.99 Å². The van der Waals surface area contributed by atoms with Crippen molar-refractivity contribution in [2.45, 2.75) is 26.3 Å². The Kier molecular flexibility index (Phi) is 8.25. The number of nitrogens with zero attached hydrogens (tertiary/aromatic N) is 2. The molecule has 3 aromatic rings. The summed E-state index contributed by atoms with van der Waals surface area (Å²) in [5.41, 5.74) is 1.84. The second kappa shape index (κ2) is 11.6. The van der Waals surface area contributed by atoms with Crippen molar-refractivity contribution < 1.29 is 23.8 Å². The van der Waals surface area contributed by atoms with E-state index in [1.165, 1.54) is 23.0 Å². The molecule has 0 fully saturated rings. The Balaban J connectivity index is 1.88. The fraction of sp³-hybridized carbons (Fsp3) is 0.259. The Morgan fingerprint density at radius 3 is 2.59 bits per heavy atom. The molecule has 0 bridgehead atoms. The van der Waals surface area contributed by atoms with E-state index in [4.69, 9.17) is 25.8 Å². The number of hydrogen-bond acceptors (Lipinski definition) is 8. The molecule has 0 spiro atoms. The monoisotopic (exact) mass is 540 g/mol. The molecule has 2 aromatic carbocycles. The third-order valence-electron chi connectivity index (χ3n) is 5.67. The van der Waals surface area contributed by atoms with Gasteiger partial charge in [0.15, 0.2) is 11.4 Å². The van der Waals surface area contributed by atoms with Gasteiger partial charge in [0.05, 0.1) is 35.6 Å². The first kappa shape index (κ1) is 26.4. The lowest BCUT2D eigenvalue weighted by molar-refractivity contribution is -0.145. The number of rotatable bonds is 8. The van der Waals surface area contributed by atoms with Crippen LogP contribution in [0.3, 0.4) is 0 Å². The number of esters is 2. The summed E-state index contributed by atoms with van der Waals surface area (Å²) in [7, 11) is 1.31. The van der Waals surface area contributed by atoms with Crippen LogP contribution in [0.4, 0.5) is 0 Å². The molecule has 8 nitrogen and oxygen atoms in total. The highest BCUT2D eigenvalue weighted by Crippen LogP contribution is 2.31. The molecule has 0 unspecified atom stereocenters. The van der Waals surface area contributed by atoms with E-state index in [0.29, 0.717) is 43.4 Å². The Morgan fingerprint density at radius 2 is 1.92 bits per heavy atom. The van der Waals surface area contributed by atoms with Crippen LogP contribution in [-0.2, 0) is 19.1 Å². The summed E-state index contributed by atoms with van der Waals surface area (Å²) in [5, 5.41) is 0.436. The molecule has 1 aliphatic heterocycles. The van der Waals surface area contributed by atoms with Gasteiger partial charge < -0.3 is 14.2 Å². The molecule has 2 heterocycles. The fourth-order valence-corrected chi connectivity index (χ4v) is 5.25. The van der Waals surface area contributed by atoms with Gasteiger partial charge in [-0.25, -0.2) is 14.6 Å². The molecule has 0 N–H and O–H groups in total. The molecule has 10 heteroatoms. The van der Waals surface area contributed by atoms with E-state index in [1.807, 2.05) is 37.3 Å². The van der Waals surface area contributed by atoms with Gasteiger partial charge in [-0.05, 0) is 43.2 Å². The molecule has 37 heavy (non-hydrogen) atoms. The van der Waals surface area contributed by atoms with Crippen molar-refractivity contribution in [1.82, 2.24) is 4.57 Å². The first-order valence-corrected chi connectivity index (χ1v) is 12.8. The van der Waals surface area contributed by atoms with Crippen LogP contribution in [0.5, 0.6) is 5.75 Å². The quantitative estimate of drug-likeness (QED) is 0.406. The van der Waals surface area contributed by atoms with E-state index < -0.39 is 18.0 Å². The van der Waals surface area contributed by atoms with Crippen LogP contribution in [0.1, 0.15) is 37.4 Å². The standard InChI is InChI=1S/C27H25ClN2O6S/c1-4-19-23(26(33)34-3)24(16-9-7-6-8-10-16)30-25(32)21(37-27(30)29-19)14-17-13-18(28)11-12-20(17)36-15-22(31)35-5-2/h6-14,24H,4-5,15H2,1-3H3/b21-14+/t24-/m0/s1. The predicted molar refractivity (Wildman–Crippen MR) is 140 cm³/mol. The number of carbonyl (C=O) groups excluding carboxylic acids is 2. The average molecular weight is 541 g/mol. The van der Waals surface area contributed by atoms with E-state index in [9.17, 15) is 14.4 Å². The summed E-state index contributed by atoms with van der Waals surface area (Å²) in [4.78, 5) is 43.5. The summed E-state index contributed by atoms with van der Waals surface area (Å²) in [6.45, 7) is 3.57. The van der Waals surface area contributed by atoms with Gasteiger partial charge >= 0.3 is 11.9 Å². The van der Waals surface area contributed by atoms with E-state index in [0.717, 1.165) is 5.56 Å². The van der Waals surface area contributed by atoms with Crippen molar-refractivity contribution >= 4 is 41.0 Å². The highest BCUT2D eigenvalue weighted by molar-refractivity contribution is 7.07. The Morgan fingerprint density at radius 1 is 1.16 bits per heavy atom. The topological polar surface area (TPSA) is 96.2 Å². The highest BCUT2D eigenvalue weighted by atomic mass is 35.5. The van der Waals surface area contributed by atoms with E-state index in [2.05, 4.69) is 4.99 Å². The number of thiazole rings is 1. The number of fused-ring (bicyclic) bond motifs is 1. The third-order valence-corrected chi connectivity index (χ3v) is 6.89. The smallest absolute Gasteiger partial charge is 0.344 e.